The predicted octanol–water partition coefficient (Wildman–Crippen LogP) is 4.72. The van der Waals surface area contributed by atoms with Crippen molar-refractivity contribution in [1.82, 2.24) is 35.1 Å². The van der Waals surface area contributed by atoms with Crippen molar-refractivity contribution < 1.29 is 18.7 Å². The third-order valence-corrected chi connectivity index (χ3v) is 8.41. The fraction of sp³-hybridized carbons (Fsp3) is 0.310. The van der Waals surface area contributed by atoms with Crippen LogP contribution in [-0.4, -0.2) is 60.0 Å². The zero-order valence-electron chi connectivity index (χ0n) is 22.6. The summed E-state index contributed by atoms with van der Waals surface area (Å²) in [7, 11) is 1.58. The molecular formula is C29H26ClFN8O3. The molecule has 2 fully saturated rings. The van der Waals surface area contributed by atoms with Gasteiger partial charge in [0.15, 0.2) is 5.82 Å². The molecule has 42 heavy (non-hydrogen) atoms. The number of H-pyrrole nitrogens is 1. The van der Waals surface area contributed by atoms with Crippen LogP contribution in [0.3, 0.4) is 0 Å². The van der Waals surface area contributed by atoms with Crippen molar-refractivity contribution in [2.75, 3.05) is 12.4 Å². The van der Waals surface area contributed by atoms with Gasteiger partial charge in [0.2, 0.25) is 11.8 Å². The molecule has 1 saturated heterocycles. The molecule has 4 heterocycles. The number of benzene rings is 2. The molecule has 11 nitrogen and oxygen atoms in total. The number of carbonyl (C=O) groups excluding carboxylic acids is 2. The Balaban J connectivity index is 1.19. The summed E-state index contributed by atoms with van der Waals surface area (Å²) in [6, 6.07) is 8.09. The first kappa shape index (κ1) is 26.3. The first-order valence-electron chi connectivity index (χ1n) is 13.7. The number of hydrogen-bond acceptors (Lipinski definition) is 7. The summed E-state index contributed by atoms with van der Waals surface area (Å²) in [6.07, 6.45) is 8.25. The first-order chi connectivity index (χ1) is 20.4. The Labute approximate surface area is 244 Å². The largest absolute Gasteiger partial charge is 0.497 e. The van der Waals surface area contributed by atoms with Crippen molar-refractivity contribution in [2.45, 2.75) is 44.2 Å². The number of aromatic nitrogens is 6. The summed E-state index contributed by atoms with van der Waals surface area (Å²) in [4.78, 5) is 36.0. The van der Waals surface area contributed by atoms with Crippen molar-refractivity contribution in [3.63, 3.8) is 0 Å². The Morgan fingerprint density at radius 1 is 1.19 bits per heavy atom. The molecule has 214 valence electrons. The van der Waals surface area contributed by atoms with E-state index in [9.17, 15) is 9.59 Å². The minimum atomic E-state index is -0.620. The lowest BCUT2D eigenvalue weighted by Gasteiger charge is -2.33. The number of hydrogen-bond donors (Lipinski definition) is 2. The van der Waals surface area contributed by atoms with Crippen molar-refractivity contribution >= 4 is 34.7 Å². The number of imidazole rings is 1. The molecule has 1 aliphatic carbocycles. The standard InChI is InChI=1S/C29H26ClFN8O3/c1-42-18-5-7-21(35-29(41)15-2-3-15)19(12-18)22-13-32-28(34-22)24-8-4-17-10-16(11-25(40)39(17)24)26-23(38-14-33-36-37-38)9-6-20(30)27(26)31/h5-7,9,11-15,17,24H,2-4,8,10H2,1H3,(H,32,34)(H,35,41)/t17-,24+/m1/s1. The van der Waals surface area contributed by atoms with E-state index in [0.717, 1.165) is 18.4 Å². The third-order valence-electron chi connectivity index (χ3n) is 8.12. The highest BCUT2D eigenvalue weighted by molar-refractivity contribution is 6.31. The highest BCUT2D eigenvalue weighted by atomic mass is 35.5. The van der Waals surface area contributed by atoms with Crippen LogP contribution in [0.5, 0.6) is 5.75 Å². The zero-order valence-corrected chi connectivity index (χ0v) is 23.3. The van der Waals surface area contributed by atoms with E-state index in [1.54, 1.807) is 25.4 Å². The monoisotopic (exact) mass is 588 g/mol. The Morgan fingerprint density at radius 3 is 2.81 bits per heavy atom. The number of aromatic amines is 1. The number of methoxy groups -OCH3 is 1. The van der Waals surface area contributed by atoms with Gasteiger partial charge in [-0.3, -0.25) is 9.59 Å². The van der Waals surface area contributed by atoms with Crippen LogP contribution in [0.2, 0.25) is 5.02 Å². The van der Waals surface area contributed by atoms with Crippen LogP contribution in [0.25, 0.3) is 22.5 Å². The molecule has 0 radical (unpaired) electrons. The lowest BCUT2D eigenvalue weighted by molar-refractivity contribution is -0.129. The molecule has 3 aliphatic rings. The van der Waals surface area contributed by atoms with Crippen LogP contribution in [0, 0.1) is 11.7 Å². The summed E-state index contributed by atoms with van der Waals surface area (Å²) >= 11 is 6.14. The number of fused-ring (bicyclic) bond motifs is 1. The number of nitrogens with one attached hydrogen (secondary N) is 2. The lowest BCUT2D eigenvalue weighted by Crippen LogP contribution is -2.39. The van der Waals surface area contributed by atoms with Gasteiger partial charge >= 0.3 is 0 Å². The van der Waals surface area contributed by atoms with Gasteiger partial charge in [0.05, 0.1) is 35.2 Å². The molecule has 0 spiro atoms. The molecule has 2 N–H and O–H groups in total. The van der Waals surface area contributed by atoms with Crippen LogP contribution in [0.1, 0.15) is 49.5 Å². The summed E-state index contributed by atoms with van der Waals surface area (Å²) in [5.74, 6) is 0.475. The van der Waals surface area contributed by atoms with Gasteiger partial charge < -0.3 is 19.9 Å². The smallest absolute Gasteiger partial charge is 0.247 e. The number of carbonyl (C=O) groups is 2. The summed E-state index contributed by atoms with van der Waals surface area (Å²) in [5.41, 5.74) is 3.16. The van der Waals surface area contributed by atoms with E-state index in [-0.39, 0.29) is 40.4 Å². The Morgan fingerprint density at radius 2 is 2.05 bits per heavy atom. The van der Waals surface area contributed by atoms with E-state index in [1.165, 1.54) is 23.2 Å². The molecule has 0 bridgehead atoms. The number of tetrazole rings is 1. The maximum atomic E-state index is 15.4. The number of amides is 2. The van der Waals surface area contributed by atoms with Crippen molar-refractivity contribution in [3.05, 3.63) is 71.2 Å². The van der Waals surface area contributed by atoms with Crippen molar-refractivity contribution in [1.29, 1.82) is 0 Å². The van der Waals surface area contributed by atoms with E-state index < -0.39 is 5.82 Å². The summed E-state index contributed by atoms with van der Waals surface area (Å²) in [6.45, 7) is 0. The van der Waals surface area contributed by atoms with Gasteiger partial charge in [-0.1, -0.05) is 11.6 Å². The molecule has 2 aromatic carbocycles. The maximum Gasteiger partial charge on any atom is 0.247 e. The summed E-state index contributed by atoms with van der Waals surface area (Å²) in [5, 5.41) is 14.2. The predicted molar refractivity (Wildman–Crippen MR) is 151 cm³/mol. The molecular weight excluding hydrogens is 563 g/mol. The number of nitrogens with zero attached hydrogens (tertiary/aromatic N) is 6. The fourth-order valence-corrected chi connectivity index (χ4v) is 6.06. The van der Waals surface area contributed by atoms with E-state index in [1.807, 2.05) is 17.0 Å². The van der Waals surface area contributed by atoms with Gasteiger partial charge in [-0.05, 0) is 78.4 Å². The van der Waals surface area contributed by atoms with Crippen molar-refractivity contribution in [2.24, 2.45) is 5.92 Å². The molecule has 2 aromatic heterocycles. The molecule has 13 heteroatoms. The topological polar surface area (TPSA) is 131 Å². The Bertz CT molecular complexity index is 1730. The normalized spacial score (nSPS) is 19.9. The number of halogens is 2. The third kappa shape index (κ3) is 4.61. The Hall–Kier alpha value is -4.58. The second kappa shape index (κ2) is 10.4. The quantitative estimate of drug-likeness (QED) is 0.319. The van der Waals surface area contributed by atoms with Crippen LogP contribution in [0.15, 0.2) is 48.9 Å². The van der Waals surface area contributed by atoms with Crippen LogP contribution in [0.4, 0.5) is 10.1 Å². The van der Waals surface area contributed by atoms with Gasteiger partial charge in [0.1, 0.15) is 17.9 Å². The van der Waals surface area contributed by atoms with Gasteiger partial charge in [0, 0.05) is 35.4 Å². The van der Waals surface area contributed by atoms with E-state index >= 15 is 4.39 Å². The number of ether oxygens (including phenoxy) is 1. The summed E-state index contributed by atoms with van der Waals surface area (Å²) < 4.78 is 22.2. The van der Waals surface area contributed by atoms with E-state index in [4.69, 9.17) is 21.3 Å². The Kier molecular flexibility index (Phi) is 6.49. The minimum absolute atomic E-state index is 0.00306. The van der Waals surface area contributed by atoms with Gasteiger partial charge in [0.25, 0.3) is 0 Å². The van der Waals surface area contributed by atoms with Crippen LogP contribution < -0.4 is 10.1 Å². The second-order valence-electron chi connectivity index (χ2n) is 10.7. The van der Waals surface area contributed by atoms with Gasteiger partial charge in [-0.2, -0.15) is 4.68 Å². The van der Waals surface area contributed by atoms with Gasteiger partial charge in [-0.25, -0.2) is 9.37 Å². The average Bonchev–Trinajstić information content (AvgIpc) is 3.35. The highest BCUT2D eigenvalue weighted by Gasteiger charge is 2.42. The average molecular weight is 589 g/mol. The first-order valence-corrected chi connectivity index (χ1v) is 14.1. The fourth-order valence-electron chi connectivity index (χ4n) is 5.90. The maximum absolute atomic E-state index is 15.4. The zero-order chi connectivity index (χ0) is 29.0. The molecule has 7 rings (SSSR count). The van der Waals surface area contributed by atoms with Crippen molar-refractivity contribution in [3.8, 4) is 22.7 Å². The van der Waals surface area contributed by atoms with E-state index in [0.29, 0.717) is 53.5 Å². The lowest BCUT2D eigenvalue weighted by atomic mass is 9.92. The van der Waals surface area contributed by atoms with E-state index in [2.05, 4.69) is 25.8 Å². The number of anilines is 1. The molecule has 2 atom stereocenters. The second-order valence-corrected chi connectivity index (χ2v) is 11.1. The SMILES string of the molecule is COc1ccc(NC(=O)C2CC2)c(-c2c[nH]c([C@@H]3CC[C@@H]4CC(c5c(-n6cnnn6)ccc(Cl)c5F)=CC(=O)N43)n2)c1. The molecule has 4 aromatic rings. The molecule has 1 saturated carbocycles. The molecule has 2 aliphatic heterocycles. The molecule has 2 amide bonds. The number of rotatable bonds is 7. The van der Waals surface area contributed by atoms with Crippen LogP contribution in [-0.2, 0) is 9.59 Å². The highest BCUT2D eigenvalue weighted by Crippen LogP contribution is 2.44. The van der Waals surface area contributed by atoms with Gasteiger partial charge in [-0.15, -0.1) is 5.10 Å². The molecule has 0 unspecified atom stereocenters. The van der Waals surface area contributed by atoms with Crippen LogP contribution >= 0.6 is 11.6 Å². The minimum Gasteiger partial charge on any atom is -0.497 e.